The van der Waals surface area contributed by atoms with Gasteiger partial charge >= 0.3 is 5.91 Å². The van der Waals surface area contributed by atoms with E-state index in [1.807, 2.05) is 0 Å². The maximum absolute atomic E-state index is 13.0. The van der Waals surface area contributed by atoms with Gasteiger partial charge in [0.05, 0.1) is 16.5 Å². The minimum absolute atomic E-state index is 0.0673. The zero-order chi connectivity index (χ0) is 22.4. The van der Waals surface area contributed by atoms with E-state index in [0.717, 1.165) is 4.90 Å². The Morgan fingerprint density at radius 1 is 1.26 bits per heavy atom. The first-order valence-electron chi connectivity index (χ1n) is 9.34. The second-order valence-corrected chi connectivity index (χ2v) is 7.29. The number of rotatable bonds is 4. The van der Waals surface area contributed by atoms with E-state index < -0.39 is 22.7 Å². The van der Waals surface area contributed by atoms with E-state index in [-0.39, 0.29) is 28.4 Å². The predicted octanol–water partition coefficient (Wildman–Crippen LogP) is 3.46. The van der Waals surface area contributed by atoms with E-state index in [9.17, 15) is 24.8 Å². The summed E-state index contributed by atoms with van der Waals surface area (Å²) in [5.74, 6) is -1.73. The molecule has 1 unspecified atom stereocenters. The van der Waals surface area contributed by atoms with Crippen molar-refractivity contribution >= 4 is 29.0 Å². The maximum atomic E-state index is 13.0. The molecule has 4 rings (SSSR count). The summed E-state index contributed by atoms with van der Waals surface area (Å²) in [6, 6.07) is 5.92. The summed E-state index contributed by atoms with van der Waals surface area (Å²) in [6.07, 6.45) is 1.67. The van der Waals surface area contributed by atoms with E-state index in [0.29, 0.717) is 22.6 Å². The summed E-state index contributed by atoms with van der Waals surface area (Å²) >= 11 is 0. The number of nitrogens with zero attached hydrogens (tertiary/aromatic N) is 3. The fraction of sp³-hybridized carbons (Fsp3) is 0.190. The van der Waals surface area contributed by atoms with Crippen LogP contribution in [-0.2, 0) is 9.59 Å². The lowest BCUT2D eigenvalue weighted by Gasteiger charge is -2.22. The molecule has 2 aromatic heterocycles. The van der Waals surface area contributed by atoms with Gasteiger partial charge in [0.2, 0.25) is 0 Å². The van der Waals surface area contributed by atoms with Crippen LogP contribution in [0.2, 0.25) is 0 Å². The van der Waals surface area contributed by atoms with Crippen molar-refractivity contribution in [3.05, 3.63) is 80.4 Å². The van der Waals surface area contributed by atoms with Crippen LogP contribution in [-0.4, -0.2) is 31.9 Å². The van der Waals surface area contributed by atoms with Crippen molar-refractivity contribution in [2.45, 2.75) is 26.8 Å². The molecular formula is C21H18N4O6. The van der Waals surface area contributed by atoms with Crippen molar-refractivity contribution < 1.29 is 24.1 Å². The highest BCUT2D eigenvalue weighted by Gasteiger charge is 2.48. The van der Waals surface area contributed by atoms with Crippen LogP contribution in [0.3, 0.4) is 0 Å². The first-order chi connectivity index (χ1) is 14.7. The summed E-state index contributed by atoms with van der Waals surface area (Å²) < 4.78 is 5.07. The van der Waals surface area contributed by atoms with Gasteiger partial charge in [-0.15, -0.1) is 0 Å². The molecule has 0 spiro atoms. The summed E-state index contributed by atoms with van der Waals surface area (Å²) in [5, 5.41) is 26.3. The number of carbonyl (C=O) groups is 2. The number of aromatic nitrogens is 2. The minimum atomic E-state index is -1.13. The minimum Gasteiger partial charge on any atom is -0.507 e. The number of nitrogens with one attached hydrogen (secondary N) is 1. The number of H-pyrrole nitrogens is 1. The second-order valence-electron chi connectivity index (χ2n) is 7.29. The molecule has 2 N–H and O–H groups in total. The molecule has 158 valence electrons. The van der Waals surface area contributed by atoms with Crippen LogP contribution in [0.15, 0.2) is 46.6 Å². The lowest BCUT2D eigenvalue weighted by molar-refractivity contribution is -0.384. The number of non-ortho nitro benzene ring substituents is 1. The van der Waals surface area contributed by atoms with Gasteiger partial charge in [0.1, 0.15) is 11.5 Å². The fourth-order valence-corrected chi connectivity index (χ4v) is 3.82. The molecule has 3 aromatic rings. The summed E-state index contributed by atoms with van der Waals surface area (Å²) in [7, 11) is 0. The van der Waals surface area contributed by atoms with Gasteiger partial charge in [-0.3, -0.25) is 24.6 Å². The zero-order valence-corrected chi connectivity index (χ0v) is 16.9. The van der Waals surface area contributed by atoms with Gasteiger partial charge in [-0.1, -0.05) is 17.3 Å². The average molecular weight is 422 g/mol. The average Bonchev–Trinajstić information content (AvgIpc) is 3.38. The number of hydrogen-bond acceptors (Lipinski definition) is 7. The number of aryl methyl sites for hydroxylation is 3. The summed E-state index contributed by atoms with van der Waals surface area (Å²) in [5.41, 5.74) is 1.56. The normalized spacial score (nSPS) is 18.0. The van der Waals surface area contributed by atoms with Gasteiger partial charge in [-0.05, 0) is 31.9 Å². The molecule has 10 nitrogen and oxygen atoms in total. The largest absolute Gasteiger partial charge is 0.507 e. The van der Waals surface area contributed by atoms with Gasteiger partial charge in [0, 0.05) is 35.7 Å². The number of ketones is 1. The lowest BCUT2D eigenvalue weighted by atomic mass is 9.94. The van der Waals surface area contributed by atoms with Crippen molar-refractivity contribution in [1.29, 1.82) is 0 Å². The van der Waals surface area contributed by atoms with E-state index in [2.05, 4.69) is 10.1 Å². The molecule has 1 aliphatic rings. The van der Waals surface area contributed by atoms with E-state index >= 15 is 0 Å². The highest BCUT2D eigenvalue weighted by molar-refractivity contribution is 6.51. The molecule has 3 heterocycles. The standard InChI is InChI=1S/C21H18N4O6/c1-10-9-22-12(3)16(10)19(26)17-18(13-5-4-6-14(8-13)25(29)30)24(21(28)20(17)27)15-7-11(2)31-23-15/h4-9,18,22,26H,1-3H3/b19-17+. The van der Waals surface area contributed by atoms with Crippen molar-refractivity contribution in [2.24, 2.45) is 0 Å². The van der Waals surface area contributed by atoms with Gasteiger partial charge < -0.3 is 14.6 Å². The molecule has 31 heavy (non-hydrogen) atoms. The second kappa shape index (κ2) is 7.24. The molecule has 1 aromatic carbocycles. The fourth-order valence-electron chi connectivity index (χ4n) is 3.82. The quantitative estimate of drug-likeness (QED) is 0.215. The van der Waals surface area contributed by atoms with Crippen LogP contribution in [0.4, 0.5) is 11.5 Å². The molecule has 1 fully saturated rings. The van der Waals surface area contributed by atoms with Gasteiger partial charge in [0.25, 0.3) is 11.5 Å². The smallest absolute Gasteiger partial charge is 0.301 e. The number of hydrogen-bond donors (Lipinski definition) is 2. The highest BCUT2D eigenvalue weighted by Crippen LogP contribution is 2.43. The Balaban J connectivity index is 2.00. The number of nitro groups is 1. The number of nitro benzene ring substituents is 1. The van der Waals surface area contributed by atoms with Crippen LogP contribution >= 0.6 is 0 Å². The van der Waals surface area contributed by atoms with Crippen molar-refractivity contribution in [2.75, 3.05) is 4.90 Å². The molecule has 1 amide bonds. The molecule has 0 bridgehead atoms. The third kappa shape index (κ3) is 3.18. The number of amides is 1. The van der Waals surface area contributed by atoms with E-state index in [1.54, 1.807) is 33.0 Å². The highest BCUT2D eigenvalue weighted by atomic mass is 16.6. The SMILES string of the molecule is Cc1cc(N2C(=O)C(=O)/C(=C(/O)c3c(C)c[nH]c3C)C2c2cccc([N+](=O)[O-])c2)no1. The molecule has 1 atom stereocenters. The number of anilines is 1. The Bertz CT molecular complexity index is 1250. The van der Waals surface area contributed by atoms with Crippen molar-refractivity contribution in [3.8, 4) is 0 Å². The van der Waals surface area contributed by atoms with Gasteiger partial charge in [-0.25, -0.2) is 0 Å². The maximum Gasteiger partial charge on any atom is 0.301 e. The van der Waals surface area contributed by atoms with Crippen LogP contribution in [0.1, 0.15) is 34.2 Å². The van der Waals surface area contributed by atoms with Crippen LogP contribution in [0.25, 0.3) is 5.76 Å². The number of carbonyl (C=O) groups excluding carboxylic acids is 2. The molecule has 10 heteroatoms. The monoisotopic (exact) mass is 422 g/mol. The van der Waals surface area contributed by atoms with Crippen LogP contribution in [0, 0.1) is 30.9 Å². The molecule has 0 radical (unpaired) electrons. The Kier molecular flexibility index (Phi) is 4.69. The number of benzene rings is 1. The van der Waals surface area contributed by atoms with Gasteiger partial charge in [-0.2, -0.15) is 0 Å². The molecule has 1 saturated heterocycles. The van der Waals surface area contributed by atoms with E-state index in [1.165, 1.54) is 24.3 Å². The lowest BCUT2D eigenvalue weighted by Crippen LogP contribution is -2.29. The van der Waals surface area contributed by atoms with Gasteiger partial charge in [0.15, 0.2) is 5.82 Å². The predicted molar refractivity (Wildman–Crippen MR) is 109 cm³/mol. The Morgan fingerprint density at radius 3 is 2.58 bits per heavy atom. The number of Topliss-reactive ketones (excluding diaryl/α,β-unsaturated/α-hetero) is 1. The van der Waals surface area contributed by atoms with E-state index in [4.69, 9.17) is 4.52 Å². The number of aliphatic hydroxyl groups excluding tert-OH is 1. The Labute approximate surface area is 175 Å². The first-order valence-corrected chi connectivity index (χ1v) is 9.34. The molecule has 1 aliphatic heterocycles. The van der Waals surface area contributed by atoms with Crippen LogP contribution in [0.5, 0.6) is 0 Å². The topological polar surface area (TPSA) is 143 Å². The third-order valence-corrected chi connectivity index (χ3v) is 5.21. The summed E-state index contributed by atoms with van der Waals surface area (Å²) in [4.78, 5) is 40.8. The third-order valence-electron chi connectivity index (χ3n) is 5.21. The van der Waals surface area contributed by atoms with Crippen LogP contribution < -0.4 is 4.90 Å². The van der Waals surface area contributed by atoms with Crippen molar-refractivity contribution in [3.63, 3.8) is 0 Å². The molecule has 0 aliphatic carbocycles. The summed E-state index contributed by atoms with van der Waals surface area (Å²) in [6.45, 7) is 5.10. The zero-order valence-electron chi connectivity index (χ0n) is 16.9. The number of aromatic amines is 1. The first kappa shape index (κ1) is 20.1. The Morgan fingerprint density at radius 2 is 2.00 bits per heavy atom. The molecular weight excluding hydrogens is 404 g/mol. The Hall–Kier alpha value is -4.21. The molecule has 0 saturated carbocycles. The number of aliphatic hydroxyl groups is 1. The van der Waals surface area contributed by atoms with Crippen molar-refractivity contribution in [1.82, 2.24) is 10.1 Å².